The van der Waals surface area contributed by atoms with Crippen LogP contribution in [0.2, 0.25) is 0 Å². The van der Waals surface area contributed by atoms with Gasteiger partial charge in [-0.15, -0.1) is 0 Å². The highest BCUT2D eigenvalue weighted by Gasteiger charge is 2.16. The van der Waals surface area contributed by atoms with Crippen molar-refractivity contribution in [3.05, 3.63) is 53.6 Å². The summed E-state index contributed by atoms with van der Waals surface area (Å²) in [5.74, 6) is -2.09. The van der Waals surface area contributed by atoms with Crippen LogP contribution in [0.4, 0.5) is 8.78 Å². The van der Waals surface area contributed by atoms with Crippen molar-refractivity contribution in [3.63, 3.8) is 0 Å². The fourth-order valence-corrected chi connectivity index (χ4v) is 3.13. The Balaban J connectivity index is 1.82. The van der Waals surface area contributed by atoms with Crippen LogP contribution in [0.25, 0.3) is 11.1 Å². The second-order valence-corrected chi connectivity index (χ2v) is 5.81. The number of phenols is 1. The molecule has 0 amide bonds. The van der Waals surface area contributed by atoms with Crippen LogP contribution < -0.4 is 0 Å². The molecule has 0 unspecified atom stereocenters. The number of halogens is 2. The van der Waals surface area contributed by atoms with Gasteiger partial charge in [0, 0.05) is 5.56 Å². The molecular weight excluding hydrogens is 270 g/mol. The first-order valence-corrected chi connectivity index (χ1v) is 7.41. The Hall–Kier alpha value is -1.90. The summed E-state index contributed by atoms with van der Waals surface area (Å²) in [6.45, 7) is 0. The van der Waals surface area contributed by atoms with Crippen molar-refractivity contribution in [2.24, 2.45) is 5.92 Å². The molecule has 0 radical (unpaired) electrons. The standard InChI is InChI=1S/C18H18F2O/c19-17-15(9-10-16(21)18(17)20)14-7-5-13(6-8-14)11-12-3-1-2-4-12/h5-10,12,21H,1-4,11H2. The summed E-state index contributed by atoms with van der Waals surface area (Å²) < 4.78 is 27.2. The molecule has 21 heavy (non-hydrogen) atoms. The molecule has 0 atom stereocenters. The Morgan fingerprint density at radius 2 is 1.57 bits per heavy atom. The van der Waals surface area contributed by atoms with Gasteiger partial charge in [-0.2, -0.15) is 4.39 Å². The largest absolute Gasteiger partial charge is 0.505 e. The van der Waals surface area contributed by atoms with Gasteiger partial charge in [0.15, 0.2) is 11.6 Å². The topological polar surface area (TPSA) is 20.2 Å². The van der Waals surface area contributed by atoms with Crippen molar-refractivity contribution in [1.29, 1.82) is 0 Å². The van der Waals surface area contributed by atoms with Gasteiger partial charge in [-0.3, -0.25) is 0 Å². The average Bonchev–Trinajstić information content (AvgIpc) is 2.99. The van der Waals surface area contributed by atoms with Crippen LogP contribution in [0.1, 0.15) is 31.2 Å². The van der Waals surface area contributed by atoms with E-state index in [0.29, 0.717) is 5.56 Å². The Kier molecular flexibility index (Phi) is 3.91. The SMILES string of the molecule is Oc1ccc(-c2ccc(CC3CCCC3)cc2)c(F)c1F. The lowest BCUT2D eigenvalue weighted by atomic mass is 9.96. The zero-order chi connectivity index (χ0) is 14.8. The first kappa shape index (κ1) is 14.1. The summed E-state index contributed by atoms with van der Waals surface area (Å²) in [6.07, 6.45) is 6.29. The van der Waals surface area contributed by atoms with Crippen LogP contribution in [0.3, 0.4) is 0 Å². The Morgan fingerprint density at radius 3 is 2.24 bits per heavy atom. The van der Waals surface area contributed by atoms with Gasteiger partial charge in [-0.25, -0.2) is 4.39 Å². The van der Waals surface area contributed by atoms with Gasteiger partial charge < -0.3 is 5.11 Å². The minimum absolute atomic E-state index is 0.178. The lowest BCUT2D eigenvalue weighted by molar-refractivity contribution is 0.408. The van der Waals surface area contributed by atoms with Crippen LogP contribution in [-0.4, -0.2) is 5.11 Å². The number of aromatic hydroxyl groups is 1. The molecule has 1 aliphatic carbocycles. The number of phenolic OH excluding ortho intramolecular Hbond substituents is 1. The van der Waals surface area contributed by atoms with Crippen molar-refractivity contribution in [2.45, 2.75) is 32.1 Å². The van der Waals surface area contributed by atoms with Crippen LogP contribution in [0.15, 0.2) is 36.4 Å². The van der Waals surface area contributed by atoms with Gasteiger partial charge in [-0.05, 0) is 35.6 Å². The smallest absolute Gasteiger partial charge is 0.200 e. The summed E-state index contributed by atoms with van der Waals surface area (Å²) in [4.78, 5) is 0. The molecule has 3 rings (SSSR count). The summed E-state index contributed by atoms with van der Waals surface area (Å²) >= 11 is 0. The van der Waals surface area contributed by atoms with Crippen molar-refractivity contribution in [2.75, 3.05) is 0 Å². The maximum atomic E-state index is 13.8. The van der Waals surface area contributed by atoms with Gasteiger partial charge in [0.25, 0.3) is 0 Å². The second-order valence-electron chi connectivity index (χ2n) is 5.81. The van der Waals surface area contributed by atoms with E-state index >= 15 is 0 Å². The predicted molar refractivity (Wildman–Crippen MR) is 79.1 cm³/mol. The van der Waals surface area contributed by atoms with Crippen LogP contribution in [0.5, 0.6) is 5.75 Å². The van der Waals surface area contributed by atoms with Gasteiger partial charge in [0.2, 0.25) is 5.82 Å². The Morgan fingerprint density at radius 1 is 0.905 bits per heavy atom. The van der Waals surface area contributed by atoms with E-state index in [1.807, 2.05) is 24.3 Å². The molecule has 3 heteroatoms. The number of benzene rings is 2. The summed E-state index contributed by atoms with van der Waals surface area (Å²) in [6, 6.07) is 10.2. The van der Waals surface area contributed by atoms with Crippen LogP contribution in [0, 0.1) is 17.6 Å². The normalized spacial score (nSPS) is 15.5. The van der Waals surface area contributed by atoms with E-state index in [2.05, 4.69) is 0 Å². The highest BCUT2D eigenvalue weighted by Crippen LogP contribution is 2.31. The van der Waals surface area contributed by atoms with E-state index in [4.69, 9.17) is 5.11 Å². The zero-order valence-electron chi connectivity index (χ0n) is 11.8. The van der Waals surface area contributed by atoms with E-state index in [-0.39, 0.29) is 5.56 Å². The first-order chi connectivity index (χ1) is 10.1. The Bertz CT molecular complexity index is 628. The highest BCUT2D eigenvalue weighted by atomic mass is 19.2. The molecule has 0 heterocycles. The van der Waals surface area contributed by atoms with E-state index in [1.54, 1.807) is 0 Å². The minimum atomic E-state index is -1.19. The van der Waals surface area contributed by atoms with Crippen molar-refractivity contribution >= 4 is 0 Å². The van der Waals surface area contributed by atoms with Gasteiger partial charge in [0.05, 0.1) is 0 Å². The molecule has 1 aliphatic rings. The lowest BCUT2D eigenvalue weighted by Crippen LogP contribution is -1.98. The van der Waals surface area contributed by atoms with E-state index in [1.165, 1.54) is 43.4 Å². The second kappa shape index (κ2) is 5.84. The monoisotopic (exact) mass is 288 g/mol. The lowest BCUT2D eigenvalue weighted by Gasteiger charge is -2.10. The average molecular weight is 288 g/mol. The fraction of sp³-hybridized carbons (Fsp3) is 0.333. The molecular formula is C18H18F2O. The summed E-state index contributed by atoms with van der Waals surface area (Å²) in [7, 11) is 0. The quantitative estimate of drug-likeness (QED) is 0.836. The van der Waals surface area contributed by atoms with Crippen LogP contribution >= 0.6 is 0 Å². The van der Waals surface area contributed by atoms with E-state index in [0.717, 1.165) is 12.3 Å². The molecule has 0 aromatic heterocycles. The predicted octanol–water partition coefficient (Wildman–Crippen LogP) is 5.07. The molecule has 1 nitrogen and oxygen atoms in total. The first-order valence-electron chi connectivity index (χ1n) is 7.41. The third-order valence-corrected chi connectivity index (χ3v) is 4.33. The maximum absolute atomic E-state index is 13.8. The van der Waals surface area contributed by atoms with E-state index in [9.17, 15) is 8.78 Å². The van der Waals surface area contributed by atoms with E-state index < -0.39 is 17.4 Å². The molecule has 0 spiro atoms. The molecule has 0 bridgehead atoms. The molecule has 1 fully saturated rings. The Labute approximate surface area is 123 Å². The molecule has 110 valence electrons. The molecule has 0 aliphatic heterocycles. The highest BCUT2D eigenvalue weighted by molar-refractivity contribution is 5.65. The number of hydrogen-bond donors (Lipinski definition) is 1. The molecule has 2 aromatic carbocycles. The molecule has 0 saturated heterocycles. The van der Waals surface area contributed by atoms with Gasteiger partial charge >= 0.3 is 0 Å². The van der Waals surface area contributed by atoms with Crippen molar-refractivity contribution < 1.29 is 13.9 Å². The molecule has 1 saturated carbocycles. The van der Waals surface area contributed by atoms with Crippen molar-refractivity contribution in [3.8, 4) is 16.9 Å². The number of rotatable bonds is 3. The number of hydrogen-bond acceptors (Lipinski definition) is 1. The zero-order valence-corrected chi connectivity index (χ0v) is 11.8. The fourth-order valence-electron chi connectivity index (χ4n) is 3.13. The van der Waals surface area contributed by atoms with Gasteiger partial charge in [0.1, 0.15) is 0 Å². The third kappa shape index (κ3) is 2.92. The molecule has 2 aromatic rings. The molecule has 1 N–H and O–H groups in total. The summed E-state index contributed by atoms with van der Waals surface area (Å²) in [5, 5.41) is 9.16. The third-order valence-electron chi connectivity index (χ3n) is 4.33. The van der Waals surface area contributed by atoms with Gasteiger partial charge in [-0.1, -0.05) is 49.9 Å². The van der Waals surface area contributed by atoms with Crippen LogP contribution in [-0.2, 0) is 6.42 Å². The maximum Gasteiger partial charge on any atom is 0.200 e. The summed E-state index contributed by atoms with van der Waals surface area (Å²) in [5.41, 5.74) is 2.05. The minimum Gasteiger partial charge on any atom is -0.505 e. The van der Waals surface area contributed by atoms with Crippen molar-refractivity contribution in [1.82, 2.24) is 0 Å².